The topological polar surface area (TPSA) is 40.5 Å². The van der Waals surface area contributed by atoms with E-state index in [9.17, 15) is 4.79 Å². The van der Waals surface area contributed by atoms with Gasteiger partial charge in [-0.2, -0.15) is 0 Å². The van der Waals surface area contributed by atoms with Crippen LogP contribution in [0.2, 0.25) is 0 Å². The van der Waals surface area contributed by atoms with Crippen LogP contribution in [0.3, 0.4) is 0 Å². The molecule has 1 N–H and O–H groups in total. The first-order chi connectivity index (χ1) is 9.15. The maximum Gasteiger partial charge on any atom is 0.335 e. The summed E-state index contributed by atoms with van der Waals surface area (Å²) in [6, 6.07) is 7.29. The fourth-order valence-electron chi connectivity index (χ4n) is 2.76. The number of rotatable bonds is 5. The van der Waals surface area contributed by atoms with Crippen LogP contribution in [-0.4, -0.2) is 36.1 Å². The van der Waals surface area contributed by atoms with Gasteiger partial charge >= 0.3 is 5.97 Å². The molecule has 1 heterocycles. The minimum absolute atomic E-state index is 0.374. The lowest BCUT2D eigenvalue weighted by atomic mass is 9.91. The van der Waals surface area contributed by atoms with Gasteiger partial charge in [0.05, 0.1) is 5.56 Å². The summed E-state index contributed by atoms with van der Waals surface area (Å²) >= 11 is 0. The number of hydrogen-bond acceptors (Lipinski definition) is 2. The Bertz CT molecular complexity index is 405. The van der Waals surface area contributed by atoms with Crippen LogP contribution in [0.5, 0.6) is 0 Å². The molecule has 2 rings (SSSR count). The van der Waals surface area contributed by atoms with Crippen molar-refractivity contribution < 1.29 is 9.90 Å². The Morgan fingerprint density at radius 3 is 2.47 bits per heavy atom. The first-order valence-electron chi connectivity index (χ1n) is 7.16. The van der Waals surface area contributed by atoms with E-state index in [4.69, 9.17) is 5.11 Å². The van der Waals surface area contributed by atoms with Gasteiger partial charge in [-0.3, -0.25) is 0 Å². The van der Waals surface area contributed by atoms with Crippen molar-refractivity contribution in [2.24, 2.45) is 5.92 Å². The van der Waals surface area contributed by atoms with Gasteiger partial charge < -0.3 is 10.0 Å². The van der Waals surface area contributed by atoms with Gasteiger partial charge in [0.2, 0.25) is 0 Å². The number of carbonyl (C=O) groups is 1. The third kappa shape index (κ3) is 4.35. The Labute approximate surface area is 115 Å². The molecular formula is C16H23NO2. The van der Waals surface area contributed by atoms with Crippen molar-refractivity contribution >= 4 is 5.97 Å². The quantitative estimate of drug-likeness (QED) is 0.885. The SMILES string of the molecule is CN1CCC(CCCc2ccc(C(=O)O)cc2)CC1. The van der Waals surface area contributed by atoms with Crippen LogP contribution < -0.4 is 0 Å². The Hall–Kier alpha value is -1.35. The molecule has 1 saturated heterocycles. The second-order valence-corrected chi connectivity index (χ2v) is 5.64. The van der Waals surface area contributed by atoms with E-state index in [-0.39, 0.29) is 0 Å². The molecule has 3 nitrogen and oxygen atoms in total. The molecule has 0 bridgehead atoms. The molecule has 0 spiro atoms. The second kappa shape index (κ2) is 6.71. The van der Waals surface area contributed by atoms with Gasteiger partial charge in [-0.15, -0.1) is 0 Å². The zero-order valence-corrected chi connectivity index (χ0v) is 11.6. The lowest BCUT2D eigenvalue weighted by Gasteiger charge is -2.28. The number of likely N-dealkylation sites (tertiary alicyclic amines) is 1. The highest BCUT2D eigenvalue weighted by Gasteiger charge is 2.15. The van der Waals surface area contributed by atoms with E-state index in [1.54, 1.807) is 12.1 Å². The van der Waals surface area contributed by atoms with Gasteiger partial charge in [0.15, 0.2) is 0 Å². The summed E-state index contributed by atoms with van der Waals surface area (Å²) in [4.78, 5) is 13.2. The summed E-state index contributed by atoms with van der Waals surface area (Å²) in [5.74, 6) is 0.0346. The number of carboxylic acids is 1. The van der Waals surface area contributed by atoms with Gasteiger partial charge in [-0.05, 0) is 69.4 Å². The molecule has 0 radical (unpaired) electrons. The van der Waals surface area contributed by atoms with Crippen LogP contribution in [0.15, 0.2) is 24.3 Å². The van der Waals surface area contributed by atoms with E-state index in [1.165, 1.54) is 44.3 Å². The van der Waals surface area contributed by atoms with E-state index < -0.39 is 5.97 Å². The molecule has 0 aromatic heterocycles. The largest absolute Gasteiger partial charge is 0.478 e. The smallest absolute Gasteiger partial charge is 0.335 e. The molecular weight excluding hydrogens is 238 g/mol. The molecule has 104 valence electrons. The van der Waals surface area contributed by atoms with Gasteiger partial charge in [0.25, 0.3) is 0 Å². The number of piperidine rings is 1. The predicted octanol–water partition coefficient (Wildman–Crippen LogP) is 3.05. The van der Waals surface area contributed by atoms with Crippen LogP contribution >= 0.6 is 0 Å². The molecule has 1 aliphatic rings. The highest BCUT2D eigenvalue weighted by Crippen LogP contribution is 2.22. The van der Waals surface area contributed by atoms with E-state index >= 15 is 0 Å². The molecule has 0 atom stereocenters. The second-order valence-electron chi connectivity index (χ2n) is 5.64. The van der Waals surface area contributed by atoms with Crippen molar-refractivity contribution in [1.29, 1.82) is 0 Å². The van der Waals surface area contributed by atoms with Crippen molar-refractivity contribution in [3.8, 4) is 0 Å². The van der Waals surface area contributed by atoms with Crippen molar-refractivity contribution in [3.63, 3.8) is 0 Å². The first-order valence-corrected chi connectivity index (χ1v) is 7.16. The fraction of sp³-hybridized carbons (Fsp3) is 0.562. The number of aromatic carboxylic acids is 1. The Balaban J connectivity index is 1.72. The number of carboxylic acid groups (broad SMARTS) is 1. The summed E-state index contributed by atoms with van der Waals surface area (Å²) in [5.41, 5.74) is 1.62. The van der Waals surface area contributed by atoms with Crippen LogP contribution in [0, 0.1) is 5.92 Å². The summed E-state index contributed by atoms with van der Waals surface area (Å²) in [6.07, 6.45) is 6.23. The summed E-state index contributed by atoms with van der Waals surface area (Å²) < 4.78 is 0. The van der Waals surface area contributed by atoms with E-state index in [1.807, 2.05) is 12.1 Å². The molecule has 1 aliphatic heterocycles. The summed E-state index contributed by atoms with van der Waals surface area (Å²) in [5, 5.41) is 8.84. The predicted molar refractivity (Wildman–Crippen MR) is 76.6 cm³/mol. The lowest BCUT2D eigenvalue weighted by molar-refractivity contribution is 0.0697. The van der Waals surface area contributed by atoms with Crippen molar-refractivity contribution in [2.75, 3.05) is 20.1 Å². The maximum atomic E-state index is 10.8. The standard InChI is InChI=1S/C16H23NO2/c1-17-11-9-14(10-12-17)4-2-3-13-5-7-15(8-6-13)16(18)19/h5-8,14H,2-4,9-12H2,1H3,(H,18,19). The summed E-state index contributed by atoms with van der Waals surface area (Å²) in [6.45, 7) is 2.47. The van der Waals surface area contributed by atoms with Crippen LogP contribution in [0.4, 0.5) is 0 Å². The third-order valence-corrected chi connectivity index (χ3v) is 4.12. The fourth-order valence-corrected chi connectivity index (χ4v) is 2.76. The highest BCUT2D eigenvalue weighted by molar-refractivity contribution is 5.87. The number of benzene rings is 1. The molecule has 1 aromatic carbocycles. The molecule has 1 fully saturated rings. The Kier molecular flexibility index (Phi) is 4.97. The van der Waals surface area contributed by atoms with Crippen molar-refractivity contribution in [1.82, 2.24) is 4.90 Å². The number of hydrogen-bond donors (Lipinski definition) is 1. The first kappa shape index (κ1) is 14.1. The van der Waals surface area contributed by atoms with E-state index in [0.717, 1.165) is 12.3 Å². The highest BCUT2D eigenvalue weighted by atomic mass is 16.4. The van der Waals surface area contributed by atoms with Crippen LogP contribution in [-0.2, 0) is 6.42 Å². The van der Waals surface area contributed by atoms with Crippen molar-refractivity contribution in [2.45, 2.75) is 32.1 Å². The van der Waals surface area contributed by atoms with Crippen LogP contribution in [0.1, 0.15) is 41.6 Å². The number of aryl methyl sites for hydroxylation is 1. The Morgan fingerprint density at radius 2 is 1.89 bits per heavy atom. The molecule has 19 heavy (non-hydrogen) atoms. The van der Waals surface area contributed by atoms with Crippen LogP contribution in [0.25, 0.3) is 0 Å². The monoisotopic (exact) mass is 261 g/mol. The van der Waals surface area contributed by atoms with Gasteiger partial charge in [0.1, 0.15) is 0 Å². The van der Waals surface area contributed by atoms with Gasteiger partial charge in [0, 0.05) is 0 Å². The third-order valence-electron chi connectivity index (χ3n) is 4.12. The molecule has 0 amide bonds. The maximum absolute atomic E-state index is 10.8. The van der Waals surface area contributed by atoms with E-state index in [2.05, 4.69) is 11.9 Å². The summed E-state index contributed by atoms with van der Waals surface area (Å²) in [7, 11) is 2.19. The zero-order valence-electron chi connectivity index (χ0n) is 11.6. The minimum Gasteiger partial charge on any atom is -0.478 e. The number of nitrogens with zero attached hydrogens (tertiary/aromatic N) is 1. The van der Waals surface area contributed by atoms with Gasteiger partial charge in [-0.1, -0.05) is 18.6 Å². The van der Waals surface area contributed by atoms with Crippen molar-refractivity contribution in [3.05, 3.63) is 35.4 Å². The molecule has 1 aromatic rings. The molecule has 0 aliphatic carbocycles. The average Bonchev–Trinajstić information content (AvgIpc) is 2.41. The normalized spacial score (nSPS) is 17.5. The van der Waals surface area contributed by atoms with E-state index in [0.29, 0.717) is 5.56 Å². The molecule has 0 unspecified atom stereocenters. The average molecular weight is 261 g/mol. The molecule has 0 saturated carbocycles. The minimum atomic E-state index is -0.849. The molecule has 3 heteroatoms. The Morgan fingerprint density at radius 1 is 1.26 bits per heavy atom. The lowest BCUT2D eigenvalue weighted by Crippen LogP contribution is -2.30. The zero-order chi connectivity index (χ0) is 13.7. The van der Waals surface area contributed by atoms with Gasteiger partial charge in [-0.25, -0.2) is 4.79 Å².